The Hall–Kier alpha value is -1.42. The van der Waals surface area contributed by atoms with E-state index >= 15 is 0 Å². The lowest BCUT2D eigenvalue weighted by atomic mass is 9.93. The number of rotatable bonds is 4. The minimum absolute atomic E-state index is 0.0931. The van der Waals surface area contributed by atoms with Crippen molar-refractivity contribution in [1.29, 1.82) is 0 Å². The number of nitrogens with two attached hydrogens (primary N) is 1. The SMILES string of the molecule is COc1cc(OC)cc(OC2CCCCC2N)c1. The fourth-order valence-corrected chi connectivity index (χ4v) is 2.30. The van der Waals surface area contributed by atoms with Gasteiger partial charge in [0.05, 0.1) is 14.2 Å². The third kappa shape index (κ3) is 3.07. The monoisotopic (exact) mass is 251 g/mol. The van der Waals surface area contributed by atoms with Crippen molar-refractivity contribution in [3.05, 3.63) is 18.2 Å². The van der Waals surface area contributed by atoms with E-state index in [1.807, 2.05) is 18.2 Å². The maximum Gasteiger partial charge on any atom is 0.127 e. The molecule has 4 nitrogen and oxygen atoms in total. The molecule has 0 amide bonds. The molecule has 1 saturated carbocycles. The van der Waals surface area contributed by atoms with E-state index in [0.29, 0.717) is 0 Å². The largest absolute Gasteiger partial charge is 0.496 e. The number of benzene rings is 1. The van der Waals surface area contributed by atoms with Gasteiger partial charge in [0.25, 0.3) is 0 Å². The second kappa shape index (κ2) is 5.96. The molecule has 1 aromatic carbocycles. The van der Waals surface area contributed by atoms with E-state index in [2.05, 4.69) is 0 Å². The molecule has 2 rings (SSSR count). The molecule has 2 N–H and O–H groups in total. The lowest BCUT2D eigenvalue weighted by molar-refractivity contribution is 0.131. The van der Waals surface area contributed by atoms with Crippen LogP contribution in [0.5, 0.6) is 17.2 Å². The molecule has 4 heteroatoms. The molecule has 0 bridgehead atoms. The van der Waals surface area contributed by atoms with E-state index in [1.165, 1.54) is 12.8 Å². The molecular weight excluding hydrogens is 230 g/mol. The topological polar surface area (TPSA) is 53.7 Å². The Morgan fingerprint density at radius 1 is 0.944 bits per heavy atom. The average molecular weight is 251 g/mol. The van der Waals surface area contributed by atoms with Crippen LogP contribution in [0.15, 0.2) is 18.2 Å². The highest BCUT2D eigenvalue weighted by molar-refractivity contribution is 5.42. The zero-order valence-electron chi connectivity index (χ0n) is 11.0. The molecule has 18 heavy (non-hydrogen) atoms. The van der Waals surface area contributed by atoms with Crippen LogP contribution >= 0.6 is 0 Å². The van der Waals surface area contributed by atoms with Gasteiger partial charge in [0, 0.05) is 24.2 Å². The third-order valence-corrected chi connectivity index (χ3v) is 3.37. The number of hydrogen-bond acceptors (Lipinski definition) is 4. The summed E-state index contributed by atoms with van der Waals surface area (Å²) in [7, 11) is 3.26. The molecule has 0 aromatic heterocycles. The highest BCUT2D eigenvalue weighted by atomic mass is 16.5. The number of ether oxygens (including phenoxy) is 3. The predicted molar refractivity (Wildman–Crippen MR) is 70.4 cm³/mol. The zero-order valence-corrected chi connectivity index (χ0v) is 11.0. The number of methoxy groups -OCH3 is 2. The summed E-state index contributed by atoms with van der Waals surface area (Å²) in [6.07, 6.45) is 4.52. The molecule has 0 heterocycles. The van der Waals surface area contributed by atoms with Crippen molar-refractivity contribution in [2.45, 2.75) is 37.8 Å². The standard InChI is InChI=1S/C14H21NO3/c1-16-10-7-11(17-2)9-12(8-10)18-14-6-4-3-5-13(14)15/h7-9,13-14H,3-6,15H2,1-2H3. The van der Waals surface area contributed by atoms with Crippen molar-refractivity contribution in [3.8, 4) is 17.2 Å². The van der Waals surface area contributed by atoms with Gasteiger partial charge in [-0.15, -0.1) is 0 Å². The Morgan fingerprint density at radius 2 is 1.50 bits per heavy atom. The summed E-state index contributed by atoms with van der Waals surface area (Å²) < 4.78 is 16.4. The summed E-state index contributed by atoms with van der Waals surface area (Å²) in [4.78, 5) is 0. The van der Waals surface area contributed by atoms with Gasteiger partial charge in [-0.1, -0.05) is 6.42 Å². The first-order valence-electron chi connectivity index (χ1n) is 6.38. The number of hydrogen-bond donors (Lipinski definition) is 1. The Morgan fingerprint density at radius 3 is 2.06 bits per heavy atom. The van der Waals surface area contributed by atoms with Crippen LogP contribution in [0.2, 0.25) is 0 Å². The van der Waals surface area contributed by atoms with Gasteiger partial charge >= 0.3 is 0 Å². The first kappa shape index (κ1) is 13.0. The predicted octanol–water partition coefficient (Wildman–Crippen LogP) is 2.35. The molecule has 1 aromatic rings. The van der Waals surface area contributed by atoms with Crippen LogP contribution in [0.3, 0.4) is 0 Å². The molecule has 1 fully saturated rings. The van der Waals surface area contributed by atoms with Gasteiger partial charge in [-0.2, -0.15) is 0 Å². The molecule has 2 unspecified atom stereocenters. The highest BCUT2D eigenvalue weighted by Crippen LogP contribution is 2.30. The van der Waals surface area contributed by atoms with Crippen LogP contribution in [0.25, 0.3) is 0 Å². The lowest BCUT2D eigenvalue weighted by Crippen LogP contribution is -2.41. The van der Waals surface area contributed by atoms with E-state index < -0.39 is 0 Å². The summed E-state index contributed by atoms with van der Waals surface area (Å²) >= 11 is 0. The quantitative estimate of drug-likeness (QED) is 0.892. The van der Waals surface area contributed by atoms with Crippen LogP contribution < -0.4 is 19.9 Å². The van der Waals surface area contributed by atoms with Crippen molar-refractivity contribution in [2.24, 2.45) is 5.73 Å². The van der Waals surface area contributed by atoms with Gasteiger partial charge in [-0.25, -0.2) is 0 Å². The maximum absolute atomic E-state index is 6.08. The Bertz CT molecular complexity index is 372. The van der Waals surface area contributed by atoms with Crippen molar-refractivity contribution in [3.63, 3.8) is 0 Å². The van der Waals surface area contributed by atoms with E-state index in [1.54, 1.807) is 14.2 Å². The molecule has 0 saturated heterocycles. The zero-order chi connectivity index (χ0) is 13.0. The van der Waals surface area contributed by atoms with Crippen molar-refractivity contribution < 1.29 is 14.2 Å². The van der Waals surface area contributed by atoms with Crippen LogP contribution in [-0.2, 0) is 0 Å². The summed E-state index contributed by atoms with van der Waals surface area (Å²) in [6.45, 7) is 0. The first-order chi connectivity index (χ1) is 8.72. The molecule has 100 valence electrons. The lowest BCUT2D eigenvalue weighted by Gasteiger charge is -2.29. The maximum atomic E-state index is 6.08. The van der Waals surface area contributed by atoms with E-state index in [4.69, 9.17) is 19.9 Å². The summed E-state index contributed by atoms with van der Waals surface area (Å²) in [5, 5.41) is 0. The van der Waals surface area contributed by atoms with Crippen molar-refractivity contribution in [2.75, 3.05) is 14.2 Å². The molecule has 1 aliphatic rings. The summed E-state index contributed by atoms with van der Waals surface area (Å²) in [6, 6.07) is 5.68. The summed E-state index contributed by atoms with van der Waals surface area (Å²) in [5.41, 5.74) is 6.08. The fraction of sp³-hybridized carbons (Fsp3) is 0.571. The van der Waals surface area contributed by atoms with Crippen LogP contribution in [0, 0.1) is 0 Å². The molecule has 0 radical (unpaired) electrons. The van der Waals surface area contributed by atoms with Crippen LogP contribution in [0.1, 0.15) is 25.7 Å². The van der Waals surface area contributed by atoms with Crippen LogP contribution in [0.4, 0.5) is 0 Å². The van der Waals surface area contributed by atoms with E-state index in [0.717, 1.165) is 30.1 Å². The fourth-order valence-electron chi connectivity index (χ4n) is 2.30. The van der Waals surface area contributed by atoms with Crippen LogP contribution in [-0.4, -0.2) is 26.4 Å². The Labute approximate surface area is 108 Å². The smallest absolute Gasteiger partial charge is 0.127 e. The van der Waals surface area contributed by atoms with Gasteiger partial charge in [0.2, 0.25) is 0 Å². The first-order valence-corrected chi connectivity index (χ1v) is 6.38. The normalized spacial score (nSPS) is 23.5. The van der Waals surface area contributed by atoms with E-state index in [-0.39, 0.29) is 12.1 Å². The van der Waals surface area contributed by atoms with Crippen molar-refractivity contribution in [1.82, 2.24) is 0 Å². The van der Waals surface area contributed by atoms with Gasteiger partial charge in [0.1, 0.15) is 23.4 Å². The van der Waals surface area contributed by atoms with Gasteiger partial charge in [-0.3, -0.25) is 0 Å². The van der Waals surface area contributed by atoms with Gasteiger partial charge < -0.3 is 19.9 Å². The molecule has 0 spiro atoms. The molecule has 1 aliphatic carbocycles. The molecule has 2 atom stereocenters. The van der Waals surface area contributed by atoms with E-state index in [9.17, 15) is 0 Å². The molecular formula is C14H21NO3. The minimum atomic E-state index is 0.0931. The minimum Gasteiger partial charge on any atom is -0.496 e. The summed E-state index contributed by atoms with van der Waals surface area (Å²) in [5.74, 6) is 2.22. The van der Waals surface area contributed by atoms with Gasteiger partial charge in [0.15, 0.2) is 0 Å². The highest BCUT2D eigenvalue weighted by Gasteiger charge is 2.23. The molecule has 0 aliphatic heterocycles. The van der Waals surface area contributed by atoms with Gasteiger partial charge in [-0.05, 0) is 19.3 Å². The third-order valence-electron chi connectivity index (χ3n) is 3.37. The Balaban J connectivity index is 2.12. The second-order valence-corrected chi connectivity index (χ2v) is 4.65. The van der Waals surface area contributed by atoms with Crippen molar-refractivity contribution >= 4 is 0 Å². The average Bonchev–Trinajstić information content (AvgIpc) is 2.41. The second-order valence-electron chi connectivity index (χ2n) is 4.65. The Kier molecular flexibility index (Phi) is 4.31.